The van der Waals surface area contributed by atoms with Crippen molar-refractivity contribution in [1.29, 1.82) is 0 Å². The maximum absolute atomic E-state index is 12.3. The number of piperidine rings is 1. The van der Waals surface area contributed by atoms with Crippen molar-refractivity contribution in [3.05, 3.63) is 0 Å². The zero-order valence-corrected chi connectivity index (χ0v) is 10.7. The van der Waals surface area contributed by atoms with E-state index in [1.54, 1.807) is 8.61 Å². The lowest BCUT2D eigenvalue weighted by atomic mass is 10.0. The number of hydrogen-bond donors (Lipinski definition) is 1. The summed E-state index contributed by atoms with van der Waals surface area (Å²) in [6, 6.07) is 0. The van der Waals surface area contributed by atoms with Gasteiger partial charge in [-0.3, -0.25) is 0 Å². The fraction of sp³-hybridized carbons (Fsp3) is 1.00. The normalized spacial score (nSPS) is 30.4. The van der Waals surface area contributed by atoms with Gasteiger partial charge in [-0.25, -0.2) is 0 Å². The van der Waals surface area contributed by atoms with E-state index in [4.69, 9.17) is 0 Å². The highest BCUT2D eigenvalue weighted by atomic mass is 32.2. The molecule has 2 saturated heterocycles. The number of piperazine rings is 1. The number of nitrogens with zero attached hydrogens (tertiary/aromatic N) is 2. The van der Waals surface area contributed by atoms with Crippen molar-refractivity contribution in [2.24, 2.45) is 5.92 Å². The van der Waals surface area contributed by atoms with E-state index in [1.807, 2.05) is 0 Å². The van der Waals surface area contributed by atoms with Gasteiger partial charge in [-0.1, -0.05) is 6.92 Å². The van der Waals surface area contributed by atoms with Crippen LogP contribution in [0.25, 0.3) is 0 Å². The van der Waals surface area contributed by atoms with Crippen LogP contribution in [0.1, 0.15) is 19.8 Å². The zero-order valence-electron chi connectivity index (χ0n) is 9.85. The Bertz CT molecular complexity index is 325. The van der Waals surface area contributed by atoms with Gasteiger partial charge in [-0.05, 0) is 18.8 Å². The van der Waals surface area contributed by atoms with Crippen LogP contribution in [0.2, 0.25) is 0 Å². The van der Waals surface area contributed by atoms with E-state index < -0.39 is 10.2 Å². The Morgan fingerprint density at radius 2 is 1.81 bits per heavy atom. The van der Waals surface area contributed by atoms with Crippen LogP contribution in [-0.2, 0) is 10.2 Å². The first-order valence-corrected chi connectivity index (χ1v) is 7.46. The molecule has 2 rings (SSSR count). The largest absolute Gasteiger partial charge is 0.314 e. The molecule has 2 aliphatic heterocycles. The molecule has 0 spiro atoms. The Labute approximate surface area is 98.0 Å². The quantitative estimate of drug-likeness (QED) is 0.739. The van der Waals surface area contributed by atoms with Crippen LogP contribution in [-0.4, -0.2) is 56.3 Å². The van der Waals surface area contributed by atoms with E-state index in [9.17, 15) is 8.42 Å². The molecule has 0 amide bonds. The van der Waals surface area contributed by atoms with E-state index in [0.717, 1.165) is 25.9 Å². The van der Waals surface area contributed by atoms with Gasteiger partial charge in [0.25, 0.3) is 10.2 Å². The lowest BCUT2D eigenvalue weighted by Gasteiger charge is -2.36. The fourth-order valence-corrected chi connectivity index (χ4v) is 4.17. The van der Waals surface area contributed by atoms with Crippen LogP contribution in [0.15, 0.2) is 0 Å². The Kier molecular flexibility index (Phi) is 3.84. The molecule has 0 saturated carbocycles. The number of nitrogens with one attached hydrogen (secondary N) is 1. The third kappa shape index (κ3) is 2.56. The molecule has 5 nitrogen and oxygen atoms in total. The van der Waals surface area contributed by atoms with Crippen LogP contribution >= 0.6 is 0 Å². The lowest BCUT2D eigenvalue weighted by Crippen LogP contribution is -2.53. The third-order valence-electron chi connectivity index (χ3n) is 3.35. The first-order valence-electron chi connectivity index (χ1n) is 6.06. The average Bonchev–Trinajstić information content (AvgIpc) is 2.30. The molecule has 2 fully saturated rings. The van der Waals surface area contributed by atoms with Crippen LogP contribution < -0.4 is 5.32 Å². The molecular weight excluding hydrogens is 226 g/mol. The molecule has 0 aromatic heterocycles. The van der Waals surface area contributed by atoms with E-state index in [2.05, 4.69) is 12.2 Å². The van der Waals surface area contributed by atoms with Crippen molar-refractivity contribution in [3.63, 3.8) is 0 Å². The van der Waals surface area contributed by atoms with Gasteiger partial charge >= 0.3 is 0 Å². The second kappa shape index (κ2) is 5.00. The molecule has 1 N–H and O–H groups in total. The van der Waals surface area contributed by atoms with E-state index in [-0.39, 0.29) is 0 Å². The summed E-state index contributed by atoms with van der Waals surface area (Å²) >= 11 is 0. The van der Waals surface area contributed by atoms with Crippen LogP contribution in [0, 0.1) is 5.92 Å². The topological polar surface area (TPSA) is 52.7 Å². The first kappa shape index (κ1) is 12.3. The lowest BCUT2D eigenvalue weighted by molar-refractivity contribution is 0.251. The molecule has 0 bridgehead atoms. The summed E-state index contributed by atoms with van der Waals surface area (Å²) in [5.74, 6) is 0.492. The summed E-state index contributed by atoms with van der Waals surface area (Å²) in [6.45, 7) is 6.24. The number of rotatable bonds is 2. The molecule has 94 valence electrons. The molecule has 0 aromatic carbocycles. The summed E-state index contributed by atoms with van der Waals surface area (Å²) in [5.41, 5.74) is 0. The Morgan fingerprint density at radius 1 is 1.12 bits per heavy atom. The molecule has 1 unspecified atom stereocenters. The predicted octanol–water partition coefficient (Wildman–Crippen LogP) is -0.132. The van der Waals surface area contributed by atoms with E-state index >= 15 is 0 Å². The van der Waals surface area contributed by atoms with Crippen molar-refractivity contribution in [3.8, 4) is 0 Å². The fourth-order valence-electron chi connectivity index (χ4n) is 2.39. The zero-order chi connectivity index (χ0) is 11.6. The Balaban J connectivity index is 2.05. The molecule has 0 radical (unpaired) electrons. The van der Waals surface area contributed by atoms with Gasteiger partial charge in [0.05, 0.1) is 0 Å². The summed E-state index contributed by atoms with van der Waals surface area (Å²) in [4.78, 5) is 0. The second-order valence-corrected chi connectivity index (χ2v) is 6.69. The molecule has 2 heterocycles. The smallest absolute Gasteiger partial charge is 0.282 e. The van der Waals surface area contributed by atoms with Gasteiger partial charge in [0.15, 0.2) is 0 Å². The van der Waals surface area contributed by atoms with Gasteiger partial charge < -0.3 is 5.32 Å². The van der Waals surface area contributed by atoms with E-state index in [1.165, 1.54) is 0 Å². The molecule has 1 atom stereocenters. The van der Waals surface area contributed by atoms with Crippen LogP contribution in [0.5, 0.6) is 0 Å². The van der Waals surface area contributed by atoms with Gasteiger partial charge in [-0.15, -0.1) is 0 Å². The van der Waals surface area contributed by atoms with Crippen molar-refractivity contribution < 1.29 is 8.42 Å². The molecule has 2 aliphatic rings. The monoisotopic (exact) mass is 247 g/mol. The summed E-state index contributed by atoms with van der Waals surface area (Å²) in [6.07, 6.45) is 2.14. The van der Waals surface area contributed by atoms with Crippen molar-refractivity contribution >= 4 is 10.2 Å². The van der Waals surface area contributed by atoms with Crippen LogP contribution in [0.4, 0.5) is 0 Å². The van der Waals surface area contributed by atoms with Crippen LogP contribution in [0.3, 0.4) is 0 Å². The first-order chi connectivity index (χ1) is 7.60. The minimum atomic E-state index is -3.19. The highest BCUT2D eigenvalue weighted by Gasteiger charge is 2.32. The molecule has 0 aliphatic carbocycles. The van der Waals surface area contributed by atoms with Gasteiger partial charge in [0, 0.05) is 39.3 Å². The highest BCUT2D eigenvalue weighted by molar-refractivity contribution is 7.86. The maximum atomic E-state index is 12.3. The van der Waals surface area contributed by atoms with Crippen molar-refractivity contribution in [2.75, 3.05) is 39.3 Å². The summed E-state index contributed by atoms with van der Waals surface area (Å²) in [5, 5.41) is 3.17. The highest BCUT2D eigenvalue weighted by Crippen LogP contribution is 2.20. The van der Waals surface area contributed by atoms with Crippen molar-refractivity contribution in [2.45, 2.75) is 19.8 Å². The molecule has 16 heavy (non-hydrogen) atoms. The Hall–Kier alpha value is -0.170. The van der Waals surface area contributed by atoms with Gasteiger partial charge in [-0.2, -0.15) is 17.0 Å². The maximum Gasteiger partial charge on any atom is 0.282 e. The van der Waals surface area contributed by atoms with E-state index in [0.29, 0.717) is 32.1 Å². The molecule has 6 heteroatoms. The minimum Gasteiger partial charge on any atom is -0.314 e. The average molecular weight is 247 g/mol. The van der Waals surface area contributed by atoms with Gasteiger partial charge in [0.2, 0.25) is 0 Å². The predicted molar refractivity (Wildman–Crippen MR) is 63.3 cm³/mol. The van der Waals surface area contributed by atoms with Gasteiger partial charge in [0.1, 0.15) is 0 Å². The summed E-state index contributed by atoms with van der Waals surface area (Å²) < 4.78 is 27.9. The third-order valence-corrected chi connectivity index (χ3v) is 5.35. The number of hydrogen-bond acceptors (Lipinski definition) is 3. The molecular formula is C10H21N3O2S. The van der Waals surface area contributed by atoms with Crippen molar-refractivity contribution in [1.82, 2.24) is 13.9 Å². The SMILES string of the molecule is CC1CCCN(S(=O)(=O)N2CCNCC2)C1. The standard InChI is InChI=1S/C10H21N3O2S/c1-10-3-2-6-13(9-10)16(14,15)12-7-4-11-5-8-12/h10-11H,2-9H2,1H3. The summed E-state index contributed by atoms with van der Waals surface area (Å²) in [7, 11) is -3.19. The second-order valence-electron chi connectivity index (χ2n) is 4.76. The Morgan fingerprint density at radius 3 is 2.44 bits per heavy atom. The minimum absolute atomic E-state index is 0.492. The molecule has 0 aromatic rings.